The molecule has 88 valence electrons. The van der Waals surface area contributed by atoms with Crippen LogP contribution in [0, 0.1) is 17.3 Å². The van der Waals surface area contributed by atoms with Gasteiger partial charge in [-0.15, -0.1) is 0 Å². The van der Waals surface area contributed by atoms with E-state index in [-0.39, 0.29) is 28.3 Å². The van der Waals surface area contributed by atoms with Gasteiger partial charge >= 0.3 is 5.97 Å². The van der Waals surface area contributed by atoms with Gasteiger partial charge in [0, 0.05) is 11.3 Å². The summed E-state index contributed by atoms with van der Waals surface area (Å²) in [7, 11) is 1.41. The number of hydrogen-bond donors (Lipinski definition) is 0. The maximum absolute atomic E-state index is 11.5. The lowest BCUT2D eigenvalue weighted by atomic mass is 10.1. The van der Waals surface area contributed by atoms with Crippen LogP contribution >= 0.6 is 11.8 Å². The third kappa shape index (κ3) is 1.79. The average molecular weight is 240 g/mol. The van der Waals surface area contributed by atoms with Gasteiger partial charge in [0.05, 0.1) is 13.0 Å². The largest absolute Gasteiger partial charge is 0.469 e. The molecule has 0 bridgehead atoms. The minimum absolute atomic E-state index is 0.0619. The zero-order valence-electron chi connectivity index (χ0n) is 9.78. The summed E-state index contributed by atoms with van der Waals surface area (Å²) in [6.07, 6.45) is 2.83. The second-order valence-electron chi connectivity index (χ2n) is 4.93. The van der Waals surface area contributed by atoms with Gasteiger partial charge in [0.15, 0.2) is 0 Å². The van der Waals surface area contributed by atoms with Gasteiger partial charge in [0.2, 0.25) is 5.12 Å². The number of rotatable bonds is 2. The number of hydrogen-bond acceptors (Lipinski definition) is 4. The molecule has 1 aliphatic heterocycles. The van der Waals surface area contributed by atoms with E-state index in [4.69, 9.17) is 4.74 Å². The van der Waals surface area contributed by atoms with E-state index >= 15 is 0 Å². The lowest BCUT2D eigenvalue weighted by Gasteiger charge is -1.99. The molecule has 0 aromatic heterocycles. The standard InChI is InChI=1S/C12H16O3S/c1-12(2)8(9(12)10(13)15-3)6-7-4-5-16-11(7)14/h6,8-9H,4-5H2,1-3H3/t8-,9+/m1/s1. The van der Waals surface area contributed by atoms with Crippen LogP contribution in [-0.2, 0) is 14.3 Å². The zero-order chi connectivity index (χ0) is 11.9. The molecule has 0 spiro atoms. The Morgan fingerprint density at radius 3 is 2.75 bits per heavy atom. The van der Waals surface area contributed by atoms with E-state index in [1.54, 1.807) is 0 Å². The molecule has 2 fully saturated rings. The summed E-state index contributed by atoms with van der Waals surface area (Å²) in [4.78, 5) is 23.0. The van der Waals surface area contributed by atoms with Gasteiger partial charge in [-0.1, -0.05) is 31.7 Å². The molecule has 1 heterocycles. The van der Waals surface area contributed by atoms with Gasteiger partial charge in [0.1, 0.15) is 0 Å². The molecule has 0 unspecified atom stereocenters. The third-order valence-electron chi connectivity index (χ3n) is 3.61. The van der Waals surface area contributed by atoms with Crippen LogP contribution in [0.25, 0.3) is 0 Å². The molecule has 3 nitrogen and oxygen atoms in total. The van der Waals surface area contributed by atoms with Crippen LogP contribution in [0.4, 0.5) is 0 Å². The van der Waals surface area contributed by atoms with Crippen molar-refractivity contribution in [1.82, 2.24) is 0 Å². The molecule has 0 amide bonds. The Morgan fingerprint density at radius 1 is 1.56 bits per heavy atom. The van der Waals surface area contributed by atoms with Crippen LogP contribution in [0.1, 0.15) is 20.3 Å². The molecular weight excluding hydrogens is 224 g/mol. The molecule has 1 saturated heterocycles. The summed E-state index contributed by atoms with van der Waals surface area (Å²) in [6, 6.07) is 0. The SMILES string of the molecule is COC(=O)[C@@H]1[C@@H](C=C2CCSC2=O)C1(C)C. The Hall–Kier alpha value is -0.770. The van der Waals surface area contributed by atoms with Gasteiger partial charge in [-0.3, -0.25) is 9.59 Å². The first-order valence-corrected chi connectivity index (χ1v) is 6.42. The van der Waals surface area contributed by atoms with Crippen molar-refractivity contribution in [2.24, 2.45) is 17.3 Å². The Bertz CT molecular complexity index is 370. The quantitative estimate of drug-likeness (QED) is 0.547. The van der Waals surface area contributed by atoms with E-state index in [1.165, 1.54) is 18.9 Å². The Morgan fingerprint density at radius 2 is 2.25 bits per heavy atom. The van der Waals surface area contributed by atoms with Gasteiger partial charge in [-0.2, -0.15) is 0 Å². The maximum Gasteiger partial charge on any atom is 0.309 e. The van der Waals surface area contributed by atoms with Gasteiger partial charge in [-0.05, 0) is 17.8 Å². The lowest BCUT2D eigenvalue weighted by Crippen LogP contribution is -2.07. The second kappa shape index (κ2) is 3.91. The summed E-state index contributed by atoms with van der Waals surface area (Å²) in [5.74, 6) is 0.798. The van der Waals surface area contributed by atoms with Crippen LogP contribution in [0.15, 0.2) is 11.6 Å². The summed E-state index contributed by atoms with van der Waals surface area (Å²) in [5, 5.41) is 0.173. The number of allylic oxidation sites excluding steroid dienone is 1. The molecule has 2 rings (SSSR count). The van der Waals surface area contributed by atoms with E-state index in [0.717, 1.165) is 17.7 Å². The first kappa shape index (κ1) is 11.7. The van der Waals surface area contributed by atoms with Crippen molar-refractivity contribution < 1.29 is 14.3 Å². The molecular formula is C12H16O3S. The highest BCUT2D eigenvalue weighted by Crippen LogP contribution is 2.60. The molecule has 4 heteroatoms. The third-order valence-corrected chi connectivity index (χ3v) is 4.55. The molecule has 0 aromatic carbocycles. The van der Waals surface area contributed by atoms with E-state index in [1.807, 2.05) is 19.9 Å². The van der Waals surface area contributed by atoms with Crippen molar-refractivity contribution >= 4 is 22.8 Å². The van der Waals surface area contributed by atoms with E-state index in [0.29, 0.717) is 0 Å². The smallest absolute Gasteiger partial charge is 0.309 e. The van der Waals surface area contributed by atoms with Gasteiger partial charge in [-0.25, -0.2) is 0 Å². The maximum atomic E-state index is 11.5. The molecule has 0 aromatic rings. The minimum atomic E-state index is -0.162. The fourth-order valence-electron chi connectivity index (χ4n) is 2.38. The molecule has 1 saturated carbocycles. The van der Waals surface area contributed by atoms with Crippen molar-refractivity contribution in [2.75, 3.05) is 12.9 Å². The highest BCUT2D eigenvalue weighted by Gasteiger charge is 2.61. The molecule has 0 N–H and O–H groups in total. The summed E-state index contributed by atoms with van der Waals surface area (Å²) in [6.45, 7) is 4.09. The molecule has 16 heavy (non-hydrogen) atoms. The number of esters is 1. The topological polar surface area (TPSA) is 43.4 Å². The molecule has 0 radical (unpaired) electrons. The fraction of sp³-hybridized carbons (Fsp3) is 0.667. The van der Waals surface area contributed by atoms with E-state index in [2.05, 4.69) is 0 Å². The van der Waals surface area contributed by atoms with Crippen LogP contribution in [0.5, 0.6) is 0 Å². The first-order valence-electron chi connectivity index (χ1n) is 5.44. The lowest BCUT2D eigenvalue weighted by molar-refractivity contribution is -0.143. The molecule has 1 aliphatic carbocycles. The fourth-order valence-corrected chi connectivity index (χ4v) is 3.25. The monoisotopic (exact) mass is 240 g/mol. The van der Waals surface area contributed by atoms with Gasteiger partial charge < -0.3 is 4.74 Å². The van der Waals surface area contributed by atoms with Crippen LogP contribution in [0.2, 0.25) is 0 Å². The van der Waals surface area contributed by atoms with Crippen LogP contribution in [0.3, 0.4) is 0 Å². The van der Waals surface area contributed by atoms with Crippen molar-refractivity contribution in [3.63, 3.8) is 0 Å². The van der Waals surface area contributed by atoms with Crippen molar-refractivity contribution in [3.05, 3.63) is 11.6 Å². The molecule has 2 atom stereocenters. The summed E-state index contributed by atoms with van der Waals surface area (Å²) < 4.78 is 4.77. The Kier molecular flexibility index (Phi) is 2.86. The van der Waals surface area contributed by atoms with Crippen molar-refractivity contribution in [3.8, 4) is 0 Å². The van der Waals surface area contributed by atoms with E-state index < -0.39 is 0 Å². The predicted octanol–water partition coefficient (Wildman–Crippen LogP) is 2.02. The van der Waals surface area contributed by atoms with Crippen LogP contribution in [-0.4, -0.2) is 23.9 Å². The number of carbonyl (C=O) groups is 2. The zero-order valence-corrected chi connectivity index (χ0v) is 10.6. The minimum Gasteiger partial charge on any atom is -0.469 e. The highest BCUT2D eigenvalue weighted by molar-refractivity contribution is 8.14. The Labute approximate surface area is 99.6 Å². The second-order valence-corrected chi connectivity index (χ2v) is 5.99. The van der Waals surface area contributed by atoms with E-state index in [9.17, 15) is 9.59 Å². The summed E-state index contributed by atoms with van der Waals surface area (Å²) in [5.41, 5.74) is 0.822. The number of thioether (sulfide) groups is 1. The normalized spacial score (nSPS) is 34.2. The molecule has 2 aliphatic rings. The van der Waals surface area contributed by atoms with Crippen molar-refractivity contribution in [1.29, 1.82) is 0 Å². The van der Waals surface area contributed by atoms with Crippen molar-refractivity contribution in [2.45, 2.75) is 20.3 Å². The summed E-state index contributed by atoms with van der Waals surface area (Å²) >= 11 is 1.37. The average Bonchev–Trinajstić information content (AvgIpc) is 2.57. The number of ether oxygens (including phenoxy) is 1. The Balaban J connectivity index is 2.13. The first-order chi connectivity index (χ1) is 7.48. The number of methoxy groups -OCH3 is 1. The number of carbonyl (C=O) groups excluding carboxylic acids is 2. The predicted molar refractivity (Wildman–Crippen MR) is 62.9 cm³/mol. The van der Waals surface area contributed by atoms with Crippen LogP contribution < -0.4 is 0 Å². The van der Waals surface area contributed by atoms with Gasteiger partial charge in [0.25, 0.3) is 0 Å². The highest BCUT2D eigenvalue weighted by atomic mass is 32.2.